The summed E-state index contributed by atoms with van der Waals surface area (Å²) in [5, 5.41) is 16.0. The zero-order valence-corrected chi connectivity index (χ0v) is 13.1. The highest BCUT2D eigenvalue weighted by molar-refractivity contribution is 5.85. The molecule has 0 bridgehead atoms. The molecule has 1 fully saturated rings. The van der Waals surface area contributed by atoms with E-state index in [0.29, 0.717) is 18.5 Å². The fraction of sp³-hybridized carbons (Fsp3) is 0.412. The molecule has 3 N–H and O–H groups in total. The number of amides is 1. The number of nitrogens with zero attached hydrogens (tertiary/aromatic N) is 1. The van der Waals surface area contributed by atoms with Gasteiger partial charge in [0.2, 0.25) is 0 Å². The molecule has 0 saturated carbocycles. The number of fused-ring (bicyclic) bond motifs is 1. The number of carbonyl (C=O) groups is 1. The first kappa shape index (κ1) is 16.7. The number of benzene rings is 1. The molecule has 1 aromatic heterocycles. The average molecular weight is 335 g/mol. The van der Waals surface area contributed by atoms with Crippen LogP contribution < -0.4 is 10.6 Å². The average Bonchev–Trinajstić information content (AvgIpc) is 2.60. The van der Waals surface area contributed by atoms with Crippen LogP contribution in [0.2, 0.25) is 0 Å². The second kappa shape index (κ2) is 6.41. The summed E-state index contributed by atoms with van der Waals surface area (Å²) in [5.74, 6) is -5.31. The zero-order valence-electron chi connectivity index (χ0n) is 13.1. The van der Waals surface area contributed by atoms with Crippen molar-refractivity contribution in [3.8, 4) is 0 Å². The monoisotopic (exact) mass is 335 g/mol. The minimum atomic E-state index is -3.85. The maximum absolute atomic E-state index is 14.3. The maximum atomic E-state index is 14.3. The number of β-amino-alcohol motifs (C(OH)–C–C–N with tert-alkyl or cyclic N) is 1. The van der Waals surface area contributed by atoms with Crippen LogP contribution in [-0.2, 0) is 11.3 Å². The summed E-state index contributed by atoms with van der Waals surface area (Å²) in [6.45, 7) is 0.210. The van der Waals surface area contributed by atoms with Gasteiger partial charge >= 0.3 is 5.92 Å². The van der Waals surface area contributed by atoms with Gasteiger partial charge in [-0.05, 0) is 37.1 Å². The highest BCUT2D eigenvalue weighted by atomic mass is 19.3. The number of hydrogen-bond acceptors (Lipinski definition) is 4. The van der Waals surface area contributed by atoms with Crippen LogP contribution in [0.15, 0.2) is 36.5 Å². The molecule has 3 rings (SSSR count). The molecule has 1 aliphatic rings. The van der Waals surface area contributed by atoms with Crippen molar-refractivity contribution in [2.75, 3.05) is 13.1 Å². The first-order chi connectivity index (χ1) is 11.4. The van der Waals surface area contributed by atoms with E-state index >= 15 is 0 Å². The number of aromatic nitrogens is 1. The summed E-state index contributed by atoms with van der Waals surface area (Å²) in [4.78, 5) is 16.1. The van der Waals surface area contributed by atoms with Gasteiger partial charge in [0.15, 0.2) is 0 Å². The lowest BCUT2D eigenvalue weighted by atomic mass is 9.87. The molecule has 2 heterocycles. The Morgan fingerprint density at radius 2 is 2.25 bits per heavy atom. The summed E-state index contributed by atoms with van der Waals surface area (Å²) in [5.41, 5.74) is -0.953. The van der Waals surface area contributed by atoms with E-state index in [-0.39, 0.29) is 19.5 Å². The van der Waals surface area contributed by atoms with E-state index in [9.17, 15) is 18.7 Å². The lowest BCUT2D eigenvalue weighted by molar-refractivity contribution is -0.197. The topological polar surface area (TPSA) is 74.2 Å². The van der Waals surface area contributed by atoms with Crippen LogP contribution in [0.3, 0.4) is 0 Å². The third kappa shape index (κ3) is 3.09. The van der Waals surface area contributed by atoms with E-state index < -0.39 is 17.4 Å². The number of halogens is 2. The van der Waals surface area contributed by atoms with Crippen molar-refractivity contribution in [2.24, 2.45) is 0 Å². The number of aliphatic hydroxyl groups is 1. The van der Waals surface area contributed by atoms with Gasteiger partial charge in [0.1, 0.15) is 5.60 Å². The Morgan fingerprint density at radius 1 is 1.42 bits per heavy atom. The predicted octanol–water partition coefficient (Wildman–Crippen LogP) is 1.60. The van der Waals surface area contributed by atoms with Crippen LogP contribution in [-0.4, -0.2) is 40.6 Å². The Balaban J connectivity index is 1.69. The van der Waals surface area contributed by atoms with E-state index in [1.165, 1.54) is 0 Å². The van der Waals surface area contributed by atoms with Gasteiger partial charge in [-0.15, -0.1) is 0 Å². The van der Waals surface area contributed by atoms with Crippen LogP contribution in [0.4, 0.5) is 8.78 Å². The molecule has 1 unspecified atom stereocenters. The molecule has 24 heavy (non-hydrogen) atoms. The number of rotatable bonds is 4. The van der Waals surface area contributed by atoms with Crippen molar-refractivity contribution in [3.63, 3.8) is 0 Å². The van der Waals surface area contributed by atoms with Crippen molar-refractivity contribution in [2.45, 2.75) is 30.9 Å². The first-order valence-corrected chi connectivity index (χ1v) is 7.85. The number of piperidine rings is 1. The Morgan fingerprint density at radius 3 is 3.00 bits per heavy atom. The standard InChI is InChI=1S/C17H19F2N3O2/c18-17(19,16(24)6-2-7-20-11-16)15(23)22-10-12-4-5-13-3-1-8-21-14(13)9-12/h1,3-5,8-9,20,24H,2,6-7,10-11H2,(H,22,23). The second-order valence-corrected chi connectivity index (χ2v) is 6.10. The molecule has 0 spiro atoms. The van der Waals surface area contributed by atoms with Crippen molar-refractivity contribution in [3.05, 3.63) is 42.1 Å². The fourth-order valence-electron chi connectivity index (χ4n) is 2.88. The van der Waals surface area contributed by atoms with Gasteiger partial charge in [-0.1, -0.05) is 18.2 Å². The second-order valence-electron chi connectivity index (χ2n) is 6.10. The van der Waals surface area contributed by atoms with E-state index in [1.807, 2.05) is 18.2 Å². The van der Waals surface area contributed by atoms with Gasteiger partial charge < -0.3 is 15.7 Å². The van der Waals surface area contributed by atoms with E-state index in [0.717, 1.165) is 10.9 Å². The van der Waals surface area contributed by atoms with Crippen molar-refractivity contribution >= 4 is 16.8 Å². The van der Waals surface area contributed by atoms with Gasteiger partial charge in [0.05, 0.1) is 5.52 Å². The summed E-state index contributed by atoms with van der Waals surface area (Å²) >= 11 is 0. The van der Waals surface area contributed by atoms with Crippen LogP contribution in [0.25, 0.3) is 10.9 Å². The van der Waals surface area contributed by atoms with Crippen LogP contribution in [0.5, 0.6) is 0 Å². The van der Waals surface area contributed by atoms with Gasteiger partial charge in [-0.25, -0.2) is 0 Å². The molecular formula is C17H19F2N3O2. The molecule has 0 aliphatic carbocycles. The van der Waals surface area contributed by atoms with Crippen molar-refractivity contribution in [1.29, 1.82) is 0 Å². The zero-order chi connectivity index (χ0) is 17.2. The predicted molar refractivity (Wildman–Crippen MR) is 85.6 cm³/mol. The molecule has 7 heteroatoms. The van der Waals surface area contributed by atoms with E-state index in [1.54, 1.807) is 18.3 Å². The Hall–Kier alpha value is -2.12. The SMILES string of the molecule is O=C(NCc1ccc2cccnc2c1)C(F)(F)C1(O)CCCNC1. The quantitative estimate of drug-likeness (QED) is 0.793. The van der Waals surface area contributed by atoms with Crippen LogP contribution in [0.1, 0.15) is 18.4 Å². The first-order valence-electron chi connectivity index (χ1n) is 7.85. The molecule has 1 amide bonds. The molecule has 5 nitrogen and oxygen atoms in total. The number of carbonyl (C=O) groups excluding carboxylic acids is 1. The fourth-order valence-corrected chi connectivity index (χ4v) is 2.88. The lowest BCUT2D eigenvalue weighted by Crippen LogP contribution is -2.63. The molecule has 0 radical (unpaired) electrons. The minimum absolute atomic E-state index is 0.0511. The molecule has 2 aromatic rings. The smallest absolute Gasteiger partial charge is 0.353 e. The normalized spacial score (nSPS) is 21.6. The number of hydrogen-bond donors (Lipinski definition) is 3. The number of pyridine rings is 1. The maximum Gasteiger partial charge on any atom is 0.353 e. The van der Waals surface area contributed by atoms with E-state index in [2.05, 4.69) is 15.6 Å². The van der Waals surface area contributed by atoms with Crippen molar-refractivity contribution in [1.82, 2.24) is 15.6 Å². The Labute approximate surface area is 138 Å². The van der Waals surface area contributed by atoms with Gasteiger partial charge in [0, 0.05) is 24.7 Å². The van der Waals surface area contributed by atoms with Gasteiger partial charge in [0.25, 0.3) is 5.91 Å². The Kier molecular flexibility index (Phi) is 4.47. The summed E-state index contributed by atoms with van der Waals surface area (Å²) in [6.07, 6.45) is 1.93. The molecule has 1 aliphatic heterocycles. The molecule has 1 saturated heterocycles. The van der Waals surface area contributed by atoms with Gasteiger partial charge in [-0.3, -0.25) is 9.78 Å². The minimum Gasteiger partial charge on any atom is -0.382 e. The van der Waals surface area contributed by atoms with Gasteiger partial charge in [-0.2, -0.15) is 8.78 Å². The molecule has 1 atom stereocenters. The molecular weight excluding hydrogens is 316 g/mol. The summed E-state index contributed by atoms with van der Waals surface area (Å²) < 4.78 is 28.7. The number of nitrogens with one attached hydrogen (secondary N) is 2. The molecule has 1 aromatic carbocycles. The van der Waals surface area contributed by atoms with Crippen LogP contribution in [0, 0.1) is 0 Å². The Bertz CT molecular complexity index is 745. The number of alkyl halides is 2. The highest BCUT2D eigenvalue weighted by Gasteiger charge is 2.58. The highest BCUT2D eigenvalue weighted by Crippen LogP contribution is 2.34. The third-order valence-corrected chi connectivity index (χ3v) is 4.35. The third-order valence-electron chi connectivity index (χ3n) is 4.35. The summed E-state index contributed by atoms with van der Waals surface area (Å²) in [7, 11) is 0. The molecule has 128 valence electrons. The summed E-state index contributed by atoms with van der Waals surface area (Å²) in [6, 6.07) is 9.01. The largest absolute Gasteiger partial charge is 0.382 e. The van der Waals surface area contributed by atoms with Crippen molar-refractivity contribution < 1.29 is 18.7 Å². The lowest BCUT2D eigenvalue weighted by Gasteiger charge is -2.37. The van der Waals surface area contributed by atoms with Crippen LogP contribution >= 0.6 is 0 Å². The van der Waals surface area contributed by atoms with E-state index in [4.69, 9.17) is 0 Å².